The topological polar surface area (TPSA) is 97.7 Å². The molecule has 8 nitrogen and oxygen atoms in total. The summed E-state index contributed by atoms with van der Waals surface area (Å²) in [5, 5.41) is 3.32. The van der Waals surface area contributed by atoms with Gasteiger partial charge in [-0.1, -0.05) is 48.2 Å². The van der Waals surface area contributed by atoms with Gasteiger partial charge in [-0.15, -0.1) is 0 Å². The molecular formula is C28H24N4O4S. The van der Waals surface area contributed by atoms with Gasteiger partial charge in [0.25, 0.3) is 11.2 Å². The van der Waals surface area contributed by atoms with Gasteiger partial charge in [-0.25, -0.2) is 9.83 Å². The molecule has 186 valence electrons. The lowest BCUT2D eigenvalue weighted by Gasteiger charge is -2.10. The van der Waals surface area contributed by atoms with Crippen molar-refractivity contribution < 1.29 is 14.3 Å². The minimum atomic E-state index is -0.496. The van der Waals surface area contributed by atoms with Gasteiger partial charge in [-0.2, -0.15) is 0 Å². The van der Waals surface area contributed by atoms with E-state index >= 15 is 0 Å². The summed E-state index contributed by atoms with van der Waals surface area (Å²) in [7, 11) is 3.14. The molecule has 0 radical (unpaired) electrons. The van der Waals surface area contributed by atoms with Crippen LogP contribution in [0.2, 0.25) is 0 Å². The normalized spacial score (nSPS) is 10.4. The standard InChI is InChI=1S/C28H24N4O4S/c1-29-26-25(20-9-6-12-23(16-20)36-3)31-28(32-27(26)34)37-17-19-8-4-10-21(13-19)30-24(33)15-18-7-5-11-22(14-18)35-2/h4-14,16H,15,17H2,2-3H3,(H,30,33)(H,31,32,34). The van der Waals surface area contributed by atoms with E-state index in [1.165, 1.54) is 11.8 Å². The molecule has 0 atom stereocenters. The molecule has 37 heavy (non-hydrogen) atoms. The number of hydrogen-bond acceptors (Lipinski definition) is 6. The number of aromatic amines is 1. The van der Waals surface area contributed by atoms with Gasteiger partial charge in [0.05, 0.1) is 32.9 Å². The van der Waals surface area contributed by atoms with Crippen molar-refractivity contribution in [1.82, 2.24) is 9.97 Å². The second kappa shape index (κ2) is 11.9. The summed E-state index contributed by atoms with van der Waals surface area (Å²) in [6.07, 6.45) is 0.224. The Kier molecular flexibility index (Phi) is 8.23. The lowest BCUT2D eigenvalue weighted by molar-refractivity contribution is -0.115. The molecular weight excluding hydrogens is 488 g/mol. The van der Waals surface area contributed by atoms with Crippen LogP contribution in [0.15, 0.2) is 82.7 Å². The lowest BCUT2D eigenvalue weighted by Crippen LogP contribution is -2.14. The zero-order valence-electron chi connectivity index (χ0n) is 20.3. The molecule has 0 aliphatic rings. The second-order valence-corrected chi connectivity index (χ2v) is 8.94. The third kappa shape index (κ3) is 6.57. The molecule has 0 aliphatic heterocycles. The molecule has 1 amide bonds. The Bertz CT molecular complexity index is 1530. The maximum absolute atomic E-state index is 12.6. The lowest BCUT2D eigenvalue weighted by atomic mass is 10.1. The van der Waals surface area contributed by atoms with Crippen LogP contribution in [-0.4, -0.2) is 30.1 Å². The second-order valence-electron chi connectivity index (χ2n) is 7.98. The number of carbonyl (C=O) groups excluding carboxylic acids is 1. The average Bonchev–Trinajstić information content (AvgIpc) is 2.92. The number of aromatic nitrogens is 2. The van der Waals surface area contributed by atoms with E-state index < -0.39 is 5.56 Å². The fraction of sp³-hybridized carbons (Fsp3) is 0.143. The first-order valence-corrected chi connectivity index (χ1v) is 12.3. The summed E-state index contributed by atoms with van der Waals surface area (Å²) in [4.78, 5) is 35.8. The first-order valence-electron chi connectivity index (χ1n) is 11.3. The van der Waals surface area contributed by atoms with E-state index in [0.29, 0.717) is 39.4 Å². The highest BCUT2D eigenvalue weighted by Gasteiger charge is 2.15. The van der Waals surface area contributed by atoms with Crippen molar-refractivity contribution in [3.8, 4) is 22.8 Å². The minimum Gasteiger partial charge on any atom is -0.497 e. The van der Waals surface area contributed by atoms with Crippen LogP contribution in [0.3, 0.4) is 0 Å². The number of thioether (sulfide) groups is 1. The van der Waals surface area contributed by atoms with E-state index in [-0.39, 0.29) is 18.0 Å². The number of hydrogen-bond donors (Lipinski definition) is 2. The van der Waals surface area contributed by atoms with Crippen LogP contribution in [0.1, 0.15) is 11.1 Å². The Hall–Kier alpha value is -4.55. The molecule has 0 unspecified atom stereocenters. The van der Waals surface area contributed by atoms with Crippen LogP contribution in [0, 0.1) is 6.57 Å². The average molecular weight is 513 g/mol. The van der Waals surface area contributed by atoms with E-state index in [9.17, 15) is 9.59 Å². The van der Waals surface area contributed by atoms with Gasteiger partial charge in [-0.05, 0) is 53.1 Å². The molecule has 0 saturated heterocycles. The molecule has 0 saturated carbocycles. The molecule has 0 spiro atoms. The van der Waals surface area contributed by atoms with Crippen molar-refractivity contribution in [3.63, 3.8) is 0 Å². The molecule has 1 heterocycles. The summed E-state index contributed by atoms with van der Waals surface area (Å²) < 4.78 is 10.5. The van der Waals surface area contributed by atoms with Crippen molar-refractivity contribution in [2.45, 2.75) is 17.3 Å². The van der Waals surface area contributed by atoms with Crippen molar-refractivity contribution in [1.29, 1.82) is 0 Å². The number of anilines is 1. The van der Waals surface area contributed by atoms with E-state index in [0.717, 1.165) is 11.1 Å². The molecule has 9 heteroatoms. The summed E-state index contributed by atoms with van der Waals surface area (Å²) in [6.45, 7) is 7.44. The van der Waals surface area contributed by atoms with Crippen LogP contribution in [0.5, 0.6) is 11.5 Å². The third-order valence-electron chi connectivity index (χ3n) is 5.41. The van der Waals surface area contributed by atoms with E-state index in [2.05, 4.69) is 20.1 Å². The van der Waals surface area contributed by atoms with Crippen LogP contribution < -0.4 is 20.3 Å². The summed E-state index contributed by atoms with van der Waals surface area (Å²) >= 11 is 1.33. The summed E-state index contributed by atoms with van der Waals surface area (Å²) in [6, 6.07) is 22.0. The number of rotatable bonds is 9. The predicted molar refractivity (Wildman–Crippen MR) is 144 cm³/mol. The van der Waals surface area contributed by atoms with Gasteiger partial charge >= 0.3 is 0 Å². The zero-order chi connectivity index (χ0) is 26.2. The van der Waals surface area contributed by atoms with Crippen LogP contribution in [0.4, 0.5) is 11.4 Å². The van der Waals surface area contributed by atoms with E-state index in [4.69, 9.17) is 16.0 Å². The van der Waals surface area contributed by atoms with Gasteiger partial charge in [-0.3, -0.25) is 9.59 Å². The fourth-order valence-corrected chi connectivity index (χ4v) is 4.46. The predicted octanol–water partition coefficient (Wildman–Crippen LogP) is 5.48. The Labute approximate surface area is 218 Å². The summed E-state index contributed by atoms with van der Waals surface area (Å²) in [5.41, 5.74) is 2.82. The first-order chi connectivity index (χ1) is 18.0. The highest BCUT2D eigenvalue weighted by molar-refractivity contribution is 7.98. The fourth-order valence-electron chi connectivity index (χ4n) is 3.65. The van der Waals surface area contributed by atoms with E-state index in [1.807, 2.05) is 48.5 Å². The molecule has 0 bridgehead atoms. The van der Waals surface area contributed by atoms with Gasteiger partial charge in [0.2, 0.25) is 5.91 Å². The Balaban J connectivity index is 1.47. The number of amides is 1. The SMILES string of the molecule is [C-]#[N+]c1c(-c2cccc(OC)c2)nc(SCc2cccc(NC(=O)Cc3cccc(OC)c3)c2)[nH]c1=O. The maximum Gasteiger partial charge on any atom is 0.276 e. The number of benzene rings is 3. The summed E-state index contributed by atoms with van der Waals surface area (Å²) in [5.74, 6) is 1.67. The van der Waals surface area contributed by atoms with Crippen molar-refractivity contribution in [2.75, 3.05) is 19.5 Å². The largest absolute Gasteiger partial charge is 0.497 e. The number of nitrogens with one attached hydrogen (secondary N) is 2. The first kappa shape index (κ1) is 25.5. The van der Waals surface area contributed by atoms with Gasteiger partial charge in [0.15, 0.2) is 5.16 Å². The smallest absolute Gasteiger partial charge is 0.276 e. The number of ether oxygens (including phenoxy) is 2. The maximum atomic E-state index is 12.6. The van der Waals surface area contributed by atoms with Crippen LogP contribution in [0.25, 0.3) is 16.1 Å². The van der Waals surface area contributed by atoms with Crippen LogP contribution >= 0.6 is 11.8 Å². The molecule has 4 rings (SSSR count). The minimum absolute atomic E-state index is 0.0710. The van der Waals surface area contributed by atoms with Crippen molar-refractivity contribution in [3.05, 3.63) is 106 Å². The monoisotopic (exact) mass is 512 g/mol. The highest BCUT2D eigenvalue weighted by Crippen LogP contribution is 2.30. The van der Waals surface area contributed by atoms with Crippen molar-refractivity contribution >= 4 is 29.0 Å². The third-order valence-corrected chi connectivity index (χ3v) is 6.36. The number of nitrogens with zero attached hydrogens (tertiary/aromatic N) is 2. The van der Waals surface area contributed by atoms with Crippen molar-refractivity contribution in [2.24, 2.45) is 0 Å². The Morgan fingerprint density at radius 1 is 1.00 bits per heavy atom. The molecule has 0 fully saturated rings. The highest BCUT2D eigenvalue weighted by atomic mass is 32.2. The Morgan fingerprint density at radius 3 is 2.46 bits per heavy atom. The van der Waals surface area contributed by atoms with E-state index in [1.54, 1.807) is 38.5 Å². The molecule has 0 aliphatic carbocycles. The van der Waals surface area contributed by atoms with Crippen LogP contribution in [-0.2, 0) is 17.0 Å². The van der Waals surface area contributed by atoms with Gasteiger partial charge in [0, 0.05) is 11.4 Å². The Morgan fingerprint density at radius 2 is 1.70 bits per heavy atom. The van der Waals surface area contributed by atoms with Gasteiger partial charge < -0.3 is 19.8 Å². The number of methoxy groups -OCH3 is 2. The zero-order valence-corrected chi connectivity index (χ0v) is 21.1. The molecule has 3 aromatic carbocycles. The molecule has 1 aromatic heterocycles. The van der Waals surface area contributed by atoms with Gasteiger partial charge in [0.1, 0.15) is 11.5 Å². The number of H-pyrrole nitrogens is 1. The molecule has 4 aromatic rings. The quantitative estimate of drug-likeness (QED) is 0.175. The number of carbonyl (C=O) groups is 1. The molecule has 2 N–H and O–H groups in total.